The lowest BCUT2D eigenvalue weighted by Gasteiger charge is -2.22. The predicted molar refractivity (Wildman–Crippen MR) is 425 cm³/mol. The number of halogens is 4. The summed E-state index contributed by atoms with van der Waals surface area (Å²) < 4.78 is 107. The summed E-state index contributed by atoms with van der Waals surface area (Å²) >= 11 is 0. The molecule has 1 N–H and O–H groups in total. The van der Waals surface area contributed by atoms with E-state index in [0.717, 1.165) is 39.5 Å². The van der Waals surface area contributed by atoms with Crippen molar-refractivity contribution < 1.29 is 40.8 Å². The minimum Gasteiger partial charge on any atom is -0.468 e. The Morgan fingerprint density at radius 2 is 1.46 bits per heavy atom. The number of aryl methyl sites for hydroxylation is 4. The van der Waals surface area contributed by atoms with Crippen LogP contribution in [0.2, 0.25) is 0 Å². The van der Waals surface area contributed by atoms with Gasteiger partial charge in [0.05, 0.1) is 75.6 Å². The van der Waals surface area contributed by atoms with Crippen molar-refractivity contribution in [2.45, 2.75) is 131 Å². The average Bonchev–Trinajstić information content (AvgIpc) is 1.70. The summed E-state index contributed by atoms with van der Waals surface area (Å²) in [6, 6.07) is 37.6. The topological polar surface area (TPSA) is 340 Å². The molecule has 32 heteroatoms. The Balaban J connectivity index is 0.000000130. The first-order chi connectivity index (χ1) is 56.9. The van der Waals surface area contributed by atoms with Crippen molar-refractivity contribution in [3.8, 4) is 75.1 Å². The molecule has 0 radical (unpaired) electrons. The summed E-state index contributed by atoms with van der Waals surface area (Å²) in [6.45, 7) is 17.5. The molecule has 0 amide bonds. The zero-order valence-electron chi connectivity index (χ0n) is 67.7. The molecule has 0 bridgehead atoms. The van der Waals surface area contributed by atoms with Crippen molar-refractivity contribution in [3.05, 3.63) is 256 Å². The second kappa shape index (κ2) is 32.4. The molecule has 0 aliphatic carbocycles. The second-order valence-electron chi connectivity index (χ2n) is 28.9. The highest BCUT2D eigenvalue weighted by Crippen LogP contribution is 2.39. The maximum absolute atomic E-state index is 14.6. The third kappa shape index (κ3) is 16.2. The van der Waals surface area contributed by atoms with E-state index in [1.54, 1.807) is 111 Å². The van der Waals surface area contributed by atoms with E-state index in [1.165, 1.54) is 76.4 Å². The van der Waals surface area contributed by atoms with Crippen molar-refractivity contribution >= 4 is 40.2 Å². The van der Waals surface area contributed by atoms with Gasteiger partial charge in [0.1, 0.15) is 67.1 Å². The number of imidazole rings is 2. The predicted octanol–water partition coefficient (Wildman–Crippen LogP) is 14.3. The van der Waals surface area contributed by atoms with Gasteiger partial charge in [0.2, 0.25) is 11.8 Å². The van der Waals surface area contributed by atoms with Crippen LogP contribution in [0.4, 0.5) is 17.6 Å². The summed E-state index contributed by atoms with van der Waals surface area (Å²) in [5, 5.41) is 58.5. The molecule has 17 rings (SSSR count). The third-order valence-electron chi connectivity index (χ3n) is 18.9. The van der Waals surface area contributed by atoms with Gasteiger partial charge in [-0.25, -0.2) is 56.7 Å². The highest BCUT2D eigenvalue weighted by Gasteiger charge is 2.34. The number of aromatic nitrogens is 18. The summed E-state index contributed by atoms with van der Waals surface area (Å²) in [7, 11) is 1.73. The number of ether oxygens (including phenoxy) is 2. The largest absolute Gasteiger partial charge is 0.468 e. The van der Waals surface area contributed by atoms with Gasteiger partial charge in [0.15, 0.2) is 46.3 Å². The van der Waals surface area contributed by atoms with E-state index >= 15 is 0 Å². The third-order valence-corrected chi connectivity index (χ3v) is 18.9. The zero-order valence-corrected chi connectivity index (χ0v) is 64.7. The number of aliphatic imine (C=N–C) groups is 4. The van der Waals surface area contributed by atoms with Gasteiger partial charge in [-0.2, -0.15) is 30.2 Å². The SMILES string of the molecule is CC(C)(O)C1=NC2=NC=C(c3ccc(F)c(-c4c(F)cccc4C#N)c3)C2N=C1.CCc1noc(-c2ncn3c2CN=C(c2ccccn2)c2cc(C#N)ccc2-3)n1.CCn1ncnc1COc1nn2c(-c3ccccc3F)nnc2cc1C(C)(C)C.[2H]C([2H])([2H])C(C)(C)c1cc2cnc(-c3cc(F)ccc3C)n2nc1OCc1ncnn1C. The maximum Gasteiger partial charge on any atom is 0.278 e. The normalized spacial score (nSPS) is 14.1. The summed E-state index contributed by atoms with van der Waals surface area (Å²) in [6.07, 6.45) is 11.7. The standard InChI is InChI=1S/C22H16F2N4O.C21H23FN6O.C21H15N7O.C20H22FN7O/c1-22(2,29)18-11-26-20-15(10-27-21(20)28-18)12-6-7-16(23)14(8-12)19-13(9-25)4-3-5-17(19)24;1-13-6-7-14(22)8-16(13)19-23-10-15-9-17(21(2,3)4)20(26-28(15)19)29-11-18-24-12-25-27(18)5;1-2-18-26-21(29-27-18)20-17-11-24-19(15-5-3-4-8-23-15)14-9-13(10-22)6-7-16(14)28(17)12-25-20;1-5-27-17(22-12-23-27)11-29-19-14(20(2,3)4)10-16-24-25-18(28(16)26-19)13-8-6-7-9-15(13)21/h3-8,10-11,20,29H,1-2H3;6-10,12H,11H2,1-5H3;3-9,12H,2,11H2,1H3;6-10,12H,5,11H2,1-4H3/i;2D3;;. The van der Waals surface area contributed by atoms with E-state index in [-0.39, 0.29) is 52.8 Å². The van der Waals surface area contributed by atoms with Crippen LogP contribution in [-0.4, -0.2) is 129 Å². The van der Waals surface area contributed by atoms with Crippen LogP contribution in [-0.2, 0) is 50.6 Å². The number of aliphatic hydroxyl groups is 1. The van der Waals surface area contributed by atoms with Gasteiger partial charge < -0.3 is 19.1 Å². The number of fused-ring (bicyclic) bond motifs is 6. The second-order valence-corrected chi connectivity index (χ2v) is 28.9. The molecule has 5 aromatic carbocycles. The van der Waals surface area contributed by atoms with Gasteiger partial charge in [0, 0.05) is 81.7 Å². The van der Waals surface area contributed by atoms with E-state index in [0.29, 0.717) is 122 Å². The van der Waals surface area contributed by atoms with Crippen molar-refractivity contribution in [2.75, 3.05) is 0 Å². The fourth-order valence-electron chi connectivity index (χ4n) is 12.8. The van der Waals surface area contributed by atoms with Crippen LogP contribution in [0.3, 0.4) is 0 Å². The van der Waals surface area contributed by atoms with Crippen LogP contribution < -0.4 is 9.47 Å². The average molecular weight is 1560 g/mol. The van der Waals surface area contributed by atoms with Crippen LogP contribution >= 0.6 is 0 Å². The molecule has 0 spiro atoms. The number of hydrogen-bond acceptors (Lipinski definition) is 23. The molecule has 584 valence electrons. The molecule has 14 aromatic rings. The first kappa shape index (κ1) is 74.5. The Morgan fingerprint density at radius 1 is 0.707 bits per heavy atom. The minimum atomic E-state index is -2.31. The van der Waals surface area contributed by atoms with Crippen molar-refractivity contribution in [2.24, 2.45) is 27.0 Å². The van der Waals surface area contributed by atoms with Crippen LogP contribution in [0.25, 0.3) is 67.9 Å². The van der Waals surface area contributed by atoms with Gasteiger partial charge in [-0.1, -0.05) is 89.9 Å². The van der Waals surface area contributed by atoms with E-state index in [1.807, 2.05) is 67.8 Å². The van der Waals surface area contributed by atoms with E-state index in [4.69, 9.17) is 23.1 Å². The smallest absolute Gasteiger partial charge is 0.278 e. The maximum atomic E-state index is 14.6. The van der Waals surface area contributed by atoms with Gasteiger partial charge in [-0.05, 0) is 141 Å². The first-order valence-electron chi connectivity index (χ1n) is 38.1. The molecule has 12 heterocycles. The number of nitrogens with zero attached hydrogens (tertiary/aromatic N) is 24. The van der Waals surface area contributed by atoms with Crippen LogP contribution in [0.1, 0.15) is 141 Å². The number of amidine groups is 1. The lowest BCUT2D eigenvalue weighted by Crippen LogP contribution is -2.37. The number of nitriles is 2. The molecule has 1 atom stereocenters. The Labute approximate surface area is 666 Å². The van der Waals surface area contributed by atoms with Crippen molar-refractivity contribution in [1.29, 1.82) is 10.5 Å². The Kier molecular flexibility index (Phi) is 20.8. The van der Waals surface area contributed by atoms with Crippen molar-refractivity contribution in [3.63, 3.8) is 0 Å². The molecule has 0 saturated carbocycles. The van der Waals surface area contributed by atoms with Crippen LogP contribution in [0.5, 0.6) is 11.8 Å². The highest BCUT2D eigenvalue weighted by molar-refractivity contribution is 6.38. The summed E-state index contributed by atoms with van der Waals surface area (Å²) in [5.41, 5.74) is 8.27. The quantitative estimate of drug-likeness (QED) is 0.0932. The Bertz CT molecular complexity index is 6460. The molecule has 9 aromatic heterocycles. The number of hydrogen-bond donors (Lipinski definition) is 1. The molecule has 116 heavy (non-hydrogen) atoms. The van der Waals surface area contributed by atoms with Gasteiger partial charge in [-0.3, -0.25) is 24.2 Å². The molecular weight excluding hydrogens is 1490 g/mol. The van der Waals surface area contributed by atoms with Gasteiger partial charge >= 0.3 is 0 Å². The lowest BCUT2D eigenvalue weighted by atomic mass is 9.88. The molecule has 0 fully saturated rings. The molecule has 0 saturated heterocycles. The zero-order chi connectivity index (χ0) is 84.4. The van der Waals surface area contributed by atoms with Crippen LogP contribution in [0.15, 0.2) is 189 Å². The van der Waals surface area contributed by atoms with Crippen LogP contribution in [0, 0.1) is 52.9 Å². The van der Waals surface area contributed by atoms with E-state index in [9.17, 15) is 33.2 Å². The highest BCUT2D eigenvalue weighted by atomic mass is 19.1. The fourth-order valence-corrected chi connectivity index (χ4v) is 12.8. The van der Waals surface area contributed by atoms with E-state index < -0.39 is 35.5 Å². The lowest BCUT2D eigenvalue weighted by molar-refractivity contribution is 0.156. The monoisotopic (exact) mass is 1560 g/mol. The number of pyridine rings is 1. The first-order valence-corrected chi connectivity index (χ1v) is 36.6. The van der Waals surface area contributed by atoms with Gasteiger partial charge in [-0.15, -0.1) is 20.4 Å². The molecule has 28 nitrogen and oxygen atoms in total. The number of rotatable bonds is 15. The Hall–Kier alpha value is -14.3. The number of benzene rings is 5. The van der Waals surface area contributed by atoms with Crippen molar-refractivity contribution in [1.82, 2.24) is 88.6 Å². The minimum absolute atomic E-state index is 0.00743. The summed E-state index contributed by atoms with van der Waals surface area (Å²) in [5.74, 6) is 1.91. The summed E-state index contributed by atoms with van der Waals surface area (Å²) in [4.78, 5) is 44.1. The Morgan fingerprint density at radius 3 is 2.17 bits per heavy atom. The van der Waals surface area contributed by atoms with Gasteiger partial charge in [0.25, 0.3) is 5.89 Å². The molecule has 1 unspecified atom stereocenters. The molecule has 3 aliphatic heterocycles. The van der Waals surface area contributed by atoms with E-state index in [2.05, 4.69) is 107 Å². The molecule has 3 aliphatic rings. The molecular formula is C84H76F4N24O4. The fraction of sp³-hybridized carbons (Fsp3) is 0.250.